The smallest absolute Gasteiger partial charge is 0.387 e. The Labute approximate surface area is 197 Å². The standard InChI is InChI=1S/C20H22F2N5O7P/c1-20(29)16(28)14(33-19(20)27-9-26-15-17(23)24-8-25-18(15)27)7-32-35(30)31-5-4-13(34-35)11-6-10(21)2-3-12(11)22/h2-3,6,8-9,13-14,16,19,28-29H,4-5,7H2,1H3,(H2,23,24,25)/t13-,14+,16+,19+,20+,35+/m0/s1. The summed E-state index contributed by atoms with van der Waals surface area (Å²) in [4.78, 5) is 12.1. The van der Waals surface area contributed by atoms with Gasteiger partial charge in [-0.15, -0.1) is 0 Å². The van der Waals surface area contributed by atoms with E-state index in [1.807, 2.05) is 0 Å². The van der Waals surface area contributed by atoms with Crippen molar-refractivity contribution < 1.29 is 41.9 Å². The number of anilines is 1. The van der Waals surface area contributed by atoms with Crippen LogP contribution in [-0.2, 0) is 22.9 Å². The number of phosphoric acid groups is 1. The summed E-state index contributed by atoms with van der Waals surface area (Å²) in [5, 5.41) is 21.7. The van der Waals surface area contributed by atoms with E-state index in [1.165, 1.54) is 24.1 Å². The van der Waals surface area contributed by atoms with E-state index in [4.69, 9.17) is 24.0 Å². The summed E-state index contributed by atoms with van der Waals surface area (Å²) < 4.78 is 63.9. The lowest BCUT2D eigenvalue weighted by molar-refractivity contribution is -0.0953. The molecular formula is C20H22F2N5O7P. The van der Waals surface area contributed by atoms with Gasteiger partial charge in [0.25, 0.3) is 0 Å². The van der Waals surface area contributed by atoms with E-state index >= 15 is 0 Å². The normalized spacial score (nSPS) is 33.4. The minimum atomic E-state index is -4.23. The van der Waals surface area contributed by atoms with Gasteiger partial charge in [-0.2, -0.15) is 0 Å². The van der Waals surface area contributed by atoms with Crippen LogP contribution in [0.15, 0.2) is 30.9 Å². The molecule has 0 unspecified atom stereocenters. The molecule has 0 bridgehead atoms. The van der Waals surface area contributed by atoms with E-state index in [1.54, 1.807) is 0 Å². The third kappa shape index (κ3) is 4.31. The number of hydrogen-bond acceptors (Lipinski definition) is 11. The number of halogens is 2. The molecule has 2 aromatic heterocycles. The fraction of sp³-hybridized carbons (Fsp3) is 0.450. The molecule has 6 atom stereocenters. The average molecular weight is 513 g/mol. The predicted molar refractivity (Wildman–Crippen MR) is 115 cm³/mol. The summed E-state index contributed by atoms with van der Waals surface area (Å²) in [5.74, 6) is -1.28. The zero-order valence-electron chi connectivity index (χ0n) is 18.3. The first-order chi connectivity index (χ1) is 16.6. The molecule has 0 amide bonds. The second-order valence-electron chi connectivity index (χ2n) is 8.41. The van der Waals surface area contributed by atoms with Crippen molar-refractivity contribution in [1.29, 1.82) is 0 Å². The van der Waals surface area contributed by atoms with Crippen LogP contribution >= 0.6 is 7.82 Å². The van der Waals surface area contributed by atoms with Crippen LogP contribution in [-0.4, -0.2) is 60.8 Å². The molecule has 4 N–H and O–H groups in total. The van der Waals surface area contributed by atoms with Crippen molar-refractivity contribution >= 4 is 24.8 Å². The quantitative estimate of drug-likeness (QED) is 0.428. The van der Waals surface area contributed by atoms with Crippen LogP contribution in [0.2, 0.25) is 0 Å². The van der Waals surface area contributed by atoms with Gasteiger partial charge in [0, 0.05) is 12.0 Å². The summed E-state index contributed by atoms with van der Waals surface area (Å²) in [6.07, 6.45) is -2.22. The van der Waals surface area contributed by atoms with Crippen molar-refractivity contribution in [3.63, 3.8) is 0 Å². The van der Waals surface area contributed by atoms with Gasteiger partial charge in [-0.1, -0.05) is 0 Å². The lowest BCUT2D eigenvalue weighted by Gasteiger charge is -2.30. The van der Waals surface area contributed by atoms with Crippen LogP contribution in [0.4, 0.5) is 14.6 Å². The maximum atomic E-state index is 14.2. The Balaban J connectivity index is 1.32. The minimum Gasteiger partial charge on any atom is -0.387 e. The molecule has 3 aromatic rings. The third-order valence-corrected chi connectivity index (χ3v) is 7.46. The van der Waals surface area contributed by atoms with E-state index in [9.17, 15) is 23.6 Å². The first-order valence-electron chi connectivity index (χ1n) is 10.6. The number of ether oxygens (including phenoxy) is 1. The molecule has 4 heterocycles. The van der Waals surface area contributed by atoms with Gasteiger partial charge in [-0.05, 0) is 25.1 Å². The number of nitrogens with two attached hydrogens (primary N) is 1. The first kappa shape index (κ1) is 24.1. The zero-order chi connectivity index (χ0) is 25.0. The number of benzene rings is 1. The van der Waals surface area contributed by atoms with Crippen LogP contribution in [0.25, 0.3) is 11.2 Å². The van der Waals surface area contributed by atoms with Gasteiger partial charge in [0.1, 0.15) is 41.3 Å². The number of nitrogen functional groups attached to an aromatic ring is 1. The Morgan fingerprint density at radius 3 is 2.94 bits per heavy atom. The van der Waals surface area contributed by atoms with E-state index in [-0.39, 0.29) is 35.6 Å². The van der Waals surface area contributed by atoms with Crippen LogP contribution in [0.1, 0.15) is 31.2 Å². The number of aliphatic hydroxyl groups is 2. The highest BCUT2D eigenvalue weighted by Crippen LogP contribution is 2.57. The topological polar surface area (TPSA) is 164 Å². The molecule has 0 spiro atoms. The SMILES string of the molecule is C[C@@]1(O)[C@H](O)[C@@H](CO[P@@]2(=O)OCC[C@@H](c3cc(F)ccc3F)O2)O[C@H]1n1cnc2c(N)ncnc21. The number of imidazole rings is 1. The molecule has 1 aromatic carbocycles. The first-order valence-corrected chi connectivity index (χ1v) is 12.1. The van der Waals surface area contributed by atoms with Crippen LogP contribution in [0.3, 0.4) is 0 Å². The number of phosphoric ester groups is 1. The number of hydrogen-bond donors (Lipinski definition) is 3. The fourth-order valence-electron chi connectivity index (χ4n) is 4.14. The number of aromatic nitrogens is 4. The molecule has 188 valence electrons. The number of nitrogens with zero attached hydrogens (tertiary/aromatic N) is 4. The number of aliphatic hydroxyl groups excluding tert-OH is 1. The Kier molecular flexibility index (Phi) is 6.08. The van der Waals surface area contributed by atoms with E-state index in [0.29, 0.717) is 0 Å². The molecule has 2 aliphatic rings. The summed E-state index contributed by atoms with van der Waals surface area (Å²) in [6, 6.07) is 2.85. The largest absolute Gasteiger partial charge is 0.475 e. The Bertz CT molecular complexity index is 1310. The highest BCUT2D eigenvalue weighted by molar-refractivity contribution is 7.48. The van der Waals surface area contributed by atoms with E-state index < -0.39 is 56.2 Å². The molecule has 35 heavy (non-hydrogen) atoms. The summed E-state index contributed by atoms with van der Waals surface area (Å²) in [7, 11) is -4.23. The van der Waals surface area contributed by atoms with Gasteiger partial charge in [0.2, 0.25) is 0 Å². The molecule has 0 aliphatic carbocycles. The fourth-order valence-corrected chi connectivity index (χ4v) is 5.52. The van der Waals surface area contributed by atoms with E-state index in [0.717, 1.165) is 18.2 Å². The predicted octanol–water partition coefficient (Wildman–Crippen LogP) is 2.00. The van der Waals surface area contributed by atoms with Gasteiger partial charge in [-0.25, -0.2) is 28.3 Å². The van der Waals surface area contributed by atoms with Gasteiger partial charge in [0.15, 0.2) is 17.7 Å². The Morgan fingerprint density at radius 2 is 2.14 bits per heavy atom. The molecular weight excluding hydrogens is 491 g/mol. The van der Waals surface area contributed by atoms with Crippen LogP contribution in [0.5, 0.6) is 0 Å². The van der Waals surface area contributed by atoms with Crippen molar-refractivity contribution in [3.8, 4) is 0 Å². The third-order valence-electron chi connectivity index (χ3n) is 5.98. The molecule has 2 aliphatic heterocycles. The molecule has 2 fully saturated rings. The van der Waals surface area contributed by atoms with Crippen molar-refractivity contribution in [2.45, 2.75) is 43.5 Å². The molecule has 15 heteroatoms. The molecule has 0 saturated carbocycles. The zero-order valence-corrected chi connectivity index (χ0v) is 19.2. The molecule has 0 radical (unpaired) electrons. The van der Waals surface area contributed by atoms with Crippen LogP contribution in [0, 0.1) is 11.6 Å². The summed E-state index contributed by atoms with van der Waals surface area (Å²) in [6.45, 7) is 0.735. The monoisotopic (exact) mass is 513 g/mol. The molecule has 2 saturated heterocycles. The minimum absolute atomic E-state index is 0.103. The summed E-state index contributed by atoms with van der Waals surface area (Å²) in [5.41, 5.74) is 4.40. The second-order valence-corrected chi connectivity index (χ2v) is 10.0. The van der Waals surface area contributed by atoms with Crippen molar-refractivity contribution in [3.05, 3.63) is 48.1 Å². The van der Waals surface area contributed by atoms with Crippen molar-refractivity contribution in [1.82, 2.24) is 19.5 Å². The Hall–Kier alpha value is -2.58. The van der Waals surface area contributed by atoms with Gasteiger partial charge in [0.05, 0.1) is 25.6 Å². The average Bonchev–Trinajstić information content (AvgIpc) is 3.34. The lowest BCUT2D eigenvalue weighted by Crippen LogP contribution is -2.44. The highest BCUT2D eigenvalue weighted by atomic mass is 31.2. The number of fused-ring (bicyclic) bond motifs is 1. The maximum absolute atomic E-state index is 14.2. The van der Waals surface area contributed by atoms with E-state index in [2.05, 4.69) is 15.0 Å². The Morgan fingerprint density at radius 1 is 1.34 bits per heavy atom. The van der Waals surface area contributed by atoms with Gasteiger partial charge < -0.3 is 20.7 Å². The van der Waals surface area contributed by atoms with Gasteiger partial charge >= 0.3 is 7.82 Å². The lowest BCUT2D eigenvalue weighted by atomic mass is 9.96. The van der Waals surface area contributed by atoms with Gasteiger partial charge in [-0.3, -0.25) is 18.1 Å². The van der Waals surface area contributed by atoms with Crippen molar-refractivity contribution in [2.24, 2.45) is 0 Å². The van der Waals surface area contributed by atoms with Crippen molar-refractivity contribution in [2.75, 3.05) is 18.9 Å². The second kappa shape index (κ2) is 8.82. The molecule has 12 nitrogen and oxygen atoms in total. The van der Waals surface area contributed by atoms with Crippen LogP contribution < -0.4 is 5.73 Å². The highest BCUT2D eigenvalue weighted by Gasteiger charge is 2.54. The maximum Gasteiger partial charge on any atom is 0.475 e. The summed E-state index contributed by atoms with van der Waals surface area (Å²) >= 11 is 0. The molecule has 5 rings (SSSR count). The number of rotatable bonds is 5.